The van der Waals surface area contributed by atoms with E-state index in [1.165, 1.54) is 6.08 Å². The van der Waals surface area contributed by atoms with Gasteiger partial charge in [-0.1, -0.05) is 12.1 Å². The molecule has 5 nitrogen and oxygen atoms in total. The van der Waals surface area contributed by atoms with E-state index < -0.39 is 0 Å². The summed E-state index contributed by atoms with van der Waals surface area (Å²) in [7, 11) is 1.89. The number of benzene rings is 1. The lowest BCUT2D eigenvalue weighted by atomic mass is 10.1. The third-order valence-corrected chi connectivity index (χ3v) is 4.81. The SMILES string of the molecule is Cc1nc(-c2ccc(NC(=O)/C=C/c3c(C)nn(C)c3C)cc2)cs1. The number of amides is 1. The van der Waals surface area contributed by atoms with Crippen molar-refractivity contribution in [1.29, 1.82) is 0 Å². The largest absolute Gasteiger partial charge is 0.323 e. The molecule has 0 aliphatic rings. The quantitative estimate of drug-likeness (QED) is 0.719. The van der Waals surface area contributed by atoms with Crippen LogP contribution < -0.4 is 5.32 Å². The standard InChI is InChI=1S/C19H20N4OS/c1-12-17(13(2)23(4)22-12)9-10-19(24)21-16-7-5-15(6-8-16)18-11-25-14(3)20-18/h5-11H,1-4H3,(H,21,24)/b10-9+. The van der Waals surface area contributed by atoms with Crippen molar-refractivity contribution in [3.8, 4) is 11.3 Å². The predicted molar refractivity (Wildman–Crippen MR) is 103 cm³/mol. The van der Waals surface area contributed by atoms with Gasteiger partial charge < -0.3 is 5.32 Å². The molecular formula is C19H20N4OS. The number of rotatable bonds is 4. The predicted octanol–water partition coefficient (Wildman–Crippen LogP) is 4.12. The van der Waals surface area contributed by atoms with Crippen LogP contribution in [0.15, 0.2) is 35.7 Å². The zero-order valence-corrected chi connectivity index (χ0v) is 15.5. The van der Waals surface area contributed by atoms with E-state index in [0.717, 1.165) is 38.9 Å². The third-order valence-electron chi connectivity index (χ3n) is 4.03. The molecular weight excluding hydrogens is 332 g/mol. The molecule has 2 heterocycles. The van der Waals surface area contributed by atoms with Crippen LogP contribution in [0.3, 0.4) is 0 Å². The van der Waals surface area contributed by atoms with Gasteiger partial charge in [0.2, 0.25) is 5.91 Å². The molecule has 0 radical (unpaired) electrons. The van der Waals surface area contributed by atoms with E-state index in [2.05, 4.69) is 15.4 Å². The van der Waals surface area contributed by atoms with Gasteiger partial charge in [0.05, 0.1) is 16.4 Å². The Morgan fingerprint density at radius 3 is 2.48 bits per heavy atom. The zero-order valence-electron chi connectivity index (χ0n) is 14.7. The molecule has 0 aliphatic carbocycles. The number of anilines is 1. The minimum absolute atomic E-state index is 0.167. The fraction of sp³-hybridized carbons (Fsp3) is 0.211. The van der Waals surface area contributed by atoms with E-state index >= 15 is 0 Å². The second-order valence-corrected chi connectivity index (χ2v) is 6.92. The van der Waals surface area contributed by atoms with E-state index in [9.17, 15) is 4.79 Å². The summed E-state index contributed by atoms with van der Waals surface area (Å²) in [6.07, 6.45) is 3.34. The minimum atomic E-state index is -0.167. The monoisotopic (exact) mass is 352 g/mol. The van der Waals surface area contributed by atoms with E-state index in [1.54, 1.807) is 17.4 Å². The first-order valence-corrected chi connectivity index (χ1v) is 8.84. The first-order valence-electron chi connectivity index (χ1n) is 7.96. The van der Waals surface area contributed by atoms with Crippen molar-refractivity contribution in [3.05, 3.63) is 57.7 Å². The van der Waals surface area contributed by atoms with Gasteiger partial charge in [0, 0.05) is 41.0 Å². The molecule has 25 heavy (non-hydrogen) atoms. The molecule has 1 N–H and O–H groups in total. The highest BCUT2D eigenvalue weighted by Gasteiger charge is 2.07. The summed E-state index contributed by atoms with van der Waals surface area (Å²) in [5.74, 6) is -0.167. The fourth-order valence-corrected chi connectivity index (χ4v) is 3.22. The number of nitrogens with zero attached hydrogens (tertiary/aromatic N) is 3. The van der Waals surface area contributed by atoms with E-state index in [4.69, 9.17) is 0 Å². The molecule has 0 saturated heterocycles. The van der Waals surface area contributed by atoms with Crippen molar-refractivity contribution < 1.29 is 4.79 Å². The van der Waals surface area contributed by atoms with Crippen LogP contribution in [0.5, 0.6) is 0 Å². The second kappa shape index (κ2) is 7.03. The van der Waals surface area contributed by atoms with Gasteiger partial charge in [-0.25, -0.2) is 4.98 Å². The molecule has 1 aromatic carbocycles. The van der Waals surface area contributed by atoms with Gasteiger partial charge in [-0.15, -0.1) is 11.3 Å². The van der Waals surface area contributed by atoms with Crippen LogP contribution in [-0.4, -0.2) is 20.7 Å². The van der Waals surface area contributed by atoms with Crippen LogP contribution in [0.1, 0.15) is 22.0 Å². The molecule has 6 heteroatoms. The number of nitrogens with one attached hydrogen (secondary N) is 1. The van der Waals surface area contributed by atoms with Gasteiger partial charge in [-0.05, 0) is 39.0 Å². The van der Waals surface area contributed by atoms with E-state index in [-0.39, 0.29) is 5.91 Å². The normalized spacial score (nSPS) is 11.2. The summed E-state index contributed by atoms with van der Waals surface area (Å²) >= 11 is 1.63. The third kappa shape index (κ3) is 3.85. The Hall–Kier alpha value is -2.73. The summed E-state index contributed by atoms with van der Waals surface area (Å²) in [4.78, 5) is 16.6. The van der Waals surface area contributed by atoms with Gasteiger partial charge in [0.1, 0.15) is 0 Å². The number of hydrogen-bond acceptors (Lipinski definition) is 4. The number of carbonyl (C=O) groups excluding carboxylic acids is 1. The average molecular weight is 352 g/mol. The highest BCUT2D eigenvalue weighted by Crippen LogP contribution is 2.23. The van der Waals surface area contributed by atoms with Gasteiger partial charge in [0.15, 0.2) is 0 Å². The fourth-order valence-electron chi connectivity index (χ4n) is 2.59. The average Bonchev–Trinajstić information content (AvgIpc) is 3.11. The van der Waals surface area contributed by atoms with Crippen molar-refractivity contribution in [2.45, 2.75) is 20.8 Å². The summed E-state index contributed by atoms with van der Waals surface area (Å²) in [5, 5.41) is 10.3. The van der Waals surface area contributed by atoms with Gasteiger partial charge in [-0.2, -0.15) is 5.10 Å². The highest BCUT2D eigenvalue weighted by molar-refractivity contribution is 7.09. The van der Waals surface area contributed by atoms with E-state index in [1.807, 2.05) is 62.1 Å². The molecule has 0 aliphatic heterocycles. The topological polar surface area (TPSA) is 59.8 Å². The Balaban J connectivity index is 1.67. The molecule has 0 spiro atoms. The Labute approximate surface area is 151 Å². The number of hydrogen-bond donors (Lipinski definition) is 1. The Morgan fingerprint density at radius 2 is 1.92 bits per heavy atom. The van der Waals surface area contributed by atoms with Crippen LogP contribution in [0, 0.1) is 20.8 Å². The summed E-state index contributed by atoms with van der Waals surface area (Å²) < 4.78 is 1.81. The van der Waals surface area contributed by atoms with Crippen molar-refractivity contribution >= 4 is 29.0 Å². The van der Waals surface area contributed by atoms with Crippen LogP contribution in [0.4, 0.5) is 5.69 Å². The molecule has 1 amide bonds. The lowest BCUT2D eigenvalue weighted by molar-refractivity contribution is -0.111. The Morgan fingerprint density at radius 1 is 1.20 bits per heavy atom. The van der Waals surface area contributed by atoms with Gasteiger partial charge in [0.25, 0.3) is 0 Å². The Bertz CT molecular complexity index is 935. The highest BCUT2D eigenvalue weighted by atomic mass is 32.1. The minimum Gasteiger partial charge on any atom is -0.323 e. The van der Waals surface area contributed by atoms with Gasteiger partial charge in [-0.3, -0.25) is 9.48 Å². The summed E-state index contributed by atoms with van der Waals surface area (Å²) in [6.45, 7) is 5.90. The molecule has 0 fully saturated rings. The number of carbonyl (C=O) groups is 1. The van der Waals surface area contributed by atoms with Crippen LogP contribution in [0.25, 0.3) is 17.3 Å². The smallest absolute Gasteiger partial charge is 0.248 e. The van der Waals surface area contributed by atoms with Crippen LogP contribution in [0.2, 0.25) is 0 Å². The first kappa shape index (κ1) is 17.1. The van der Waals surface area contributed by atoms with Crippen molar-refractivity contribution in [3.63, 3.8) is 0 Å². The number of thiazole rings is 1. The van der Waals surface area contributed by atoms with E-state index in [0.29, 0.717) is 0 Å². The summed E-state index contributed by atoms with van der Waals surface area (Å²) in [6, 6.07) is 7.69. The molecule has 0 saturated carbocycles. The first-order chi connectivity index (χ1) is 11.9. The second-order valence-electron chi connectivity index (χ2n) is 5.86. The van der Waals surface area contributed by atoms with Crippen LogP contribution in [-0.2, 0) is 11.8 Å². The van der Waals surface area contributed by atoms with Crippen molar-refractivity contribution in [1.82, 2.24) is 14.8 Å². The molecule has 0 atom stereocenters. The van der Waals surface area contributed by atoms with Crippen molar-refractivity contribution in [2.24, 2.45) is 7.05 Å². The maximum Gasteiger partial charge on any atom is 0.248 e. The molecule has 2 aromatic heterocycles. The summed E-state index contributed by atoms with van der Waals surface area (Å²) in [5.41, 5.74) is 5.68. The number of aryl methyl sites for hydroxylation is 3. The van der Waals surface area contributed by atoms with Crippen LogP contribution >= 0.6 is 11.3 Å². The lowest BCUT2D eigenvalue weighted by Gasteiger charge is -2.03. The maximum atomic E-state index is 12.1. The molecule has 0 bridgehead atoms. The molecule has 0 unspecified atom stereocenters. The van der Waals surface area contributed by atoms with Gasteiger partial charge >= 0.3 is 0 Å². The Kier molecular flexibility index (Phi) is 4.81. The molecule has 3 aromatic rings. The number of aromatic nitrogens is 3. The molecule has 3 rings (SSSR count). The zero-order chi connectivity index (χ0) is 18.0. The van der Waals surface area contributed by atoms with Crippen molar-refractivity contribution in [2.75, 3.05) is 5.32 Å². The maximum absolute atomic E-state index is 12.1. The lowest BCUT2D eigenvalue weighted by Crippen LogP contribution is -2.07. The molecule has 128 valence electrons.